The van der Waals surface area contributed by atoms with Crippen LogP contribution in [0.3, 0.4) is 0 Å². The van der Waals surface area contributed by atoms with Gasteiger partial charge in [0.1, 0.15) is 13.2 Å². The summed E-state index contributed by atoms with van der Waals surface area (Å²) >= 11 is 0. The fourth-order valence-corrected chi connectivity index (χ4v) is 8.25. The summed E-state index contributed by atoms with van der Waals surface area (Å²) in [6, 6.07) is 0. The molecule has 1 atom stereocenters. The van der Waals surface area contributed by atoms with E-state index in [-0.39, 0.29) is 31.1 Å². The van der Waals surface area contributed by atoms with E-state index in [0.29, 0.717) is 19.3 Å². The van der Waals surface area contributed by atoms with Gasteiger partial charge in [0.2, 0.25) is 0 Å². The standard InChI is InChI=1S/C60H108O6/c1-4-7-10-13-16-19-22-25-27-29-30-31-33-35-38-41-44-47-50-53-59(62)65-56-57(55-64-58(61)52-49-46-43-40-37-34-24-21-18-15-12-9-6-3)66-60(63)54-51-48-45-42-39-36-32-28-26-23-20-17-14-11-8-5-2/h16,19,25,27,30-31,35,38,57H,4-15,17-18,20-24,26,28-29,32-34,36-37,39-56H2,1-3H3/b19-16+,27-25+,31-30+,38-35+/t57-/m1/s1. The van der Waals surface area contributed by atoms with E-state index >= 15 is 0 Å². The van der Waals surface area contributed by atoms with Gasteiger partial charge in [-0.3, -0.25) is 14.4 Å². The molecule has 384 valence electrons. The highest BCUT2D eigenvalue weighted by molar-refractivity contribution is 5.71. The molecule has 0 aliphatic carbocycles. The highest BCUT2D eigenvalue weighted by atomic mass is 16.6. The number of rotatable bonds is 52. The van der Waals surface area contributed by atoms with E-state index in [0.717, 1.165) is 83.5 Å². The van der Waals surface area contributed by atoms with Crippen LogP contribution >= 0.6 is 0 Å². The average molecular weight is 926 g/mol. The molecule has 0 radical (unpaired) electrons. The zero-order valence-corrected chi connectivity index (χ0v) is 44.0. The quantitative estimate of drug-likeness (QED) is 0.0262. The van der Waals surface area contributed by atoms with Gasteiger partial charge in [-0.05, 0) is 64.2 Å². The van der Waals surface area contributed by atoms with Crippen molar-refractivity contribution in [1.82, 2.24) is 0 Å². The molecule has 0 aliphatic rings. The highest BCUT2D eigenvalue weighted by Gasteiger charge is 2.19. The fraction of sp³-hybridized carbons (Fsp3) is 0.817. The number of carbonyl (C=O) groups is 3. The molecular formula is C60H108O6. The predicted molar refractivity (Wildman–Crippen MR) is 284 cm³/mol. The van der Waals surface area contributed by atoms with Gasteiger partial charge in [-0.25, -0.2) is 0 Å². The van der Waals surface area contributed by atoms with Crippen molar-refractivity contribution < 1.29 is 28.6 Å². The summed E-state index contributed by atoms with van der Waals surface area (Å²) in [4.78, 5) is 38.1. The van der Waals surface area contributed by atoms with E-state index in [4.69, 9.17) is 14.2 Å². The average Bonchev–Trinajstić information content (AvgIpc) is 3.31. The normalized spacial score (nSPS) is 12.3. The lowest BCUT2D eigenvalue weighted by Gasteiger charge is -2.18. The monoisotopic (exact) mass is 925 g/mol. The summed E-state index contributed by atoms with van der Waals surface area (Å²) in [7, 11) is 0. The number of allylic oxidation sites excluding steroid dienone is 8. The van der Waals surface area contributed by atoms with Crippen molar-refractivity contribution >= 4 is 17.9 Å². The van der Waals surface area contributed by atoms with Crippen LogP contribution in [0.25, 0.3) is 0 Å². The summed E-state index contributed by atoms with van der Waals surface area (Å²) in [5.41, 5.74) is 0. The molecule has 0 fully saturated rings. The van der Waals surface area contributed by atoms with Crippen LogP contribution in [0.15, 0.2) is 48.6 Å². The molecule has 0 aromatic rings. The number of hydrogen-bond acceptors (Lipinski definition) is 6. The molecule has 0 heterocycles. The molecule has 6 heteroatoms. The minimum absolute atomic E-state index is 0.0790. The van der Waals surface area contributed by atoms with Crippen LogP contribution < -0.4 is 0 Å². The molecule has 0 aromatic carbocycles. The Kier molecular flexibility index (Phi) is 52.8. The van der Waals surface area contributed by atoms with Gasteiger partial charge in [0.05, 0.1) is 0 Å². The largest absolute Gasteiger partial charge is 0.462 e. The molecule has 0 saturated carbocycles. The smallest absolute Gasteiger partial charge is 0.306 e. The Morgan fingerprint density at radius 3 is 0.879 bits per heavy atom. The Morgan fingerprint density at radius 2 is 0.545 bits per heavy atom. The molecule has 0 rings (SSSR count). The third-order valence-electron chi connectivity index (χ3n) is 12.6. The second-order valence-corrected chi connectivity index (χ2v) is 19.2. The molecule has 0 aromatic heterocycles. The van der Waals surface area contributed by atoms with Crippen molar-refractivity contribution in [2.24, 2.45) is 0 Å². The van der Waals surface area contributed by atoms with Crippen LogP contribution in [-0.2, 0) is 28.6 Å². The first kappa shape index (κ1) is 63.4. The Balaban J connectivity index is 4.39. The first-order valence-electron chi connectivity index (χ1n) is 28.6. The van der Waals surface area contributed by atoms with Gasteiger partial charge < -0.3 is 14.2 Å². The van der Waals surface area contributed by atoms with Crippen molar-refractivity contribution in [3.8, 4) is 0 Å². The number of unbranched alkanes of at least 4 members (excludes halogenated alkanes) is 33. The van der Waals surface area contributed by atoms with Gasteiger partial charge in [0.25, 0.3) is 0 Å². The maximum atomic E-state index is 12.8. The molecule has 6 nitrogen and oxygen atoms in total. The second kappa shape index (κ2) is 55.0. The molecule has 0 amide bonds. The maximum Gasteiger partial charge on any atom is 0.306 e. The molecule has 66 heavy (non-hydrogen) atoms. The number of hydrogen-bond donors (Lipinski definition) is 0. The van der Waals surface area contributed by atoms with Crippen LogP contribution in [0.4, 0.5) is 0 Å². The molecular weight excluding hydrogens is 817 g/mol. The first-order valence-corrected chi connectivity index (χ1v) is 28.6. The van der Waals surface area contributed by atoms with Crippen molar-refractivity contribution in [3.05, 3.63) is 48.6 Å². The van der Waals surface area contributed by atoms with Crippen molar-refractivity contribution in [3.63, 3.8) is 0 Å². The van der Waals surface area contributed by atoms with E-state index in [1.54, 1.807) is 0 Å². The topological polar surface area (TPSA) is 78.9 Å². The van der Waals surface area contributed by atoms with Crippen molar-refractivity contribution in [2.75, 3.05) is 13.2 Å². The van der Waals surface area contributed by atoms with Gasteiger partial charge in [-0.1, -0.05) is 262 Å². The van der Waals surface area contributed by atoms with Crippen LogP contribution in [0.2, 0.25) is 0 Å². The molecule has 0 aliphatic heterocycles. The Morgan fingerprint density at radius 1 is 0.303 bits per heavy atom. The van der Waals surface area contributed by atoms with Crippen LogP contribution in [0.5, 0.6) is 0 Å². The van der Waals surface area contributed by atoms with E-state index in [2.05, 4.69) is 69.4 Å². The number of esters is 3. The summed E-state index contributed by atoms with van der Waals surface area (Å²) in [5, 5.41) is 0. The fourth-order valence-electron chi connectivity index (χ4n) is 8.25. The lowest BCUT2D eigenvalue weighted by molar-refractivity contribution is -0.167. The van der Waals surface area contributed by atoms with Crippen LogP contribution in [0, 0.1) is 0 Å². The zero-order valence-electron chi connectivity index (χ0n) is 44.0. The SMILES string of the molecule is CCCCC/C=C/C/C=C/C/C=C/C/C=C/CCCCCC(=O)OC[C@@H](COC(=O)CCCCCCCCCCCCCCC)OC(=O)CCCCCCCCCCCCCCCCCC. The van der Waals surface area contributed by atoms with Gasteiger partial charge in [0, 0.05) is 19.3 Å². The highest BCUT2D eigenvalue weighted by Crippen LogP contribution is 2.16. The number of ether oxygens (including phenoxy) is 3. The third-order valence-corrected chi connectivity index (χ3v) is 12.6. The van der Waals surface area contributed by atoms with Gasteiger partial charge in [0.15, 0.2) is 6.10 Å². The molecule has 0 N–H and O–H groups in total. The lowest BCUT2D eigenvalue weighted by Crippen LogP contribution is -2.30. The summed E-state index contributed by atoms with van der Waals surface area (Å²) in [6.45, 7) is 6.62. The van der Waals surface area contributed by atoms with Gasteiger partial charge in [-0.2, -0.15) is 0 Å². The minimum atomic E-state index is -0.782. The second-order valence-electron chi connectivity index (χ2n) is 19.2. The van der Waals surface area contributed by atoms with E-state index in [1.165, 1.54) is 173 Å². The van der Waals surface area contributed by atoms with E-state index in [1.807, 2.05) is 0 Å². The molecule has 0 unspecified atom stereocenters. The maximum absolute atomic E-state index is 12.8. The summed E-state index contributed by atoms with van der Waals surface area (Å²) in [6.07, 6.45) is 66.7. The molecule has 0 spiro atoms. The lowest BCUT2D eigenvalue weighted by atomic mass is 10.0. The Hall–Kier alpha value is -2.63. The zero-order chi connectivity index (χ0) is 47.9. The van der Waals surface area contributed by atoms with Gasteiger partial charge >= 0.3 is 17.9 Å². The molecule has 0 saturated heterocycles. The van der Waals surface area contributed by atoms with Crippen LogP contribution in [-0.4, -0.2) is 37.2 Å². The minimum Gasteiger partial charge on any atom is -0.462 e. The van der Waals surface area contributed by atoms with Crippen molar-refractivity contribution in [1.29, 1.82) is 0 Å². The summed E-state index contributed by atoms with van der Waals surface area (Å²) < 4.78 is 16.8. The molecule has 0 bridgehead atoms. The van der Waals surface area contributed by atoms with Crippen molar-refractivity contribution in [2.45, 2.75) is 303 Å². The van der Waals surface area contributed by atoms with Gasteiger partial charge in [-0.15, -0.1) is 0 Å². The summed E-state index contributed by atoms with van der Waals surface area (Å²) in [5.74, 6) is -0.895. The third kappa shape index (κ3) is 52.3. The first-order chi connectivity index (χ1) is 32.5. The van der Waals surface area contributed by atoms with E-state index in [9.17, 15) is 14.4 Å². The Labute approximate surface area is 409 Å². The number of carbonyl (C=O) groups excluding carboxylic acids is 3. The van der Waals surface area contributed by atoms with Crippen LogP contribution in [0.1, 0.15) is 297 Å². The predicted octanol–water partition coefficient (Wildman–Crippen LogP) is 19.0. The van der Waals surface area contributed by atoms with E-state index < -0.39 is 6.10 Å². The Bertz CT molecular complexity index is 1150.